The molecule has 2 aromatic rings. The Balaban J connectivity index is 1.79. The van der Waals surface area contributed by atoms with Crippen molar-refractivity contribution in [1.82, 2.24) is 14.9 Å². The number of nitrogens with zero attached hydrogens (tertiary/aromatic N) is 2. The SMILES string of the molecule is Cc1cc(=O)[nH]c(CCN2C(=O)c3ccccc3C2=O)n1. The molecule has 0 saturated carbocycles. The molecule has 2 amide bonds. The van der Waals surface area contributed by atoms with Crippen molar-refractivity contribution in [1.29, 1.82) is 0 Å². The molecule has 6 nitrogen and oxygen atoms in total. The van der Waals surface area contributed by atoms with E-state index in [0.29, 0.717) is 29.1 Å². The second kappa shape index (κ2) is 4.97. The molecule has 0 aliphatic carbocycles. The number of aromatic amines is 1. The van der Waals surface area contributed by atoms with Gasteiger partial charge in [-0.1, -0.05) is 12.1 Å². The maximum absolute atomic E-state index is 12.2. The van der Waals surface area contributed by atoms with Crippen LogP contribution in [0.4, 0.5) is 0 Å². The third-order valence-corrected chi connectivity index (χ3v) is 3.37. The summed E-state index contributed by atoms with van der Waals surface area (Å²) in [5, 5.41) is 0. The molecule has 0 spiro atoms. The molecule has 0 atom stereocenters. The van der Waals surface area contributed by atoms with Crippen molar-refractivity contribution >= 4 is 11.8 Å². The van der Waals surface area contributed by atoms with Gasteiger partial charge in [0.2, 0.25) is 0 Å². The Kier molecular flexibility index (Phi) is 3.13. The Morgan fingerprint density at radius 1 is 1.10 bits per heavy atom. The highest BCUT2D eigenvalue weighted by atomic mass is 16.2. The normalized spacial score (nSPS) is 13.7. The Bertz CT molecular complexity index is 760. The van der Waals surface area contributed by atoms with Crippen LogP contribution >= 0.6 is 0 Å². The van der Waals surface area contributed by atoms with Crippen LogP contribution in [0.2, 0.25) is 0 Å². The topological polar surface area (TPSA) is 83.1 Å². The summed E-state index contributed by atoms with van der Waals surface area (Å²) < 4.78 is 0. The van der Waals surface area contributed by atoms with E-state index in [1.807, 2.05) is 0 Å². The fourth-order valence-electron chi connectivity index (χ4n) is 2.42. The maximum atomic E-state index is 12.2. The molecule has 1 aromatic carbocycles. The summed E-state index contributed by atoms with van der Waals surface area (Å²) in [5.41, 5.74) is 1.22. The van der Waals surface area contributed by atoms with E-state index in [1.54, 1.807) is 31.2 Å². The van der Waals surface area contributed by atoms with Crippen molar-refractivity contribution in [2.24, 2.45) is 0 Å². The lowest BCUT2D eigenvalue weighted by atomic mass is 10.1. The minimum atomic E-state index is -0.300. The third kappa shape index (κ3) is 2.35. The van der Waals surface area contributed by atoms with Crippen molar-refractivity contribution in [3.63, 3.8) is 0 Å². The molecule has 21 heavy (non-hydrogen) atoms. The summed E-state index contributed by atoms with van der Waals surface area (Å²) in [6.45, 7) is 1.92. The zero-order chi connectivity index (χ0) is 15.0. The highest BCUT2D eigenvalue weighted by Crippen LogP contribution is 2.22. The van der Waals surface area contributed by atoms with Gasteiger partial charge in [-0.05, 0) is 19.1 Å². The molecule has 106 valence electrons. The molecule has 3 rings (SSSR count). The van der Waals surface area contributed by atoms with E-state index in [2.05, 4.69) is 9.97 Å². The molecule has 1 N–H and O–H groups in total. The van der Waals surface area contributed by atoms with Gasteiger partial charge in [-0.3, -0.25) is 19.3 Å². The van der Waals surface area contributed by atoms with Gasteiger partial charge in [-0.2, -0.15) is 0 Å². The van der Waals surface area contributed by atoms with Crippen molar-refractivity contribution in [3.05, 3.63) is 63.3 Å². The number of benzene rings is 1. The number of H-pyrrole nitrogens is 1. The summed E-state index contributed by atoms with van der Waals surface area (Å²) >= 11 is 0. The number of carbonyl (C=O) groups excluding carboxylic acids is 2. The first-order valence-electron chi connectivity index (χ1n) is 6.58. The van der Waals surface area contributed by atoms with Crippen molar-refractivity contribution < 1.29 is 9.59 Å². The second-order valence-electron chi connectivity index (χ2n) is 4.89. The molecular weight excluding hydrogens is 270 g/mol. The fourth-order valence-corrected chi connectivity index (χ4v) is 2.42. The van der Waals surface area contributed by atoms with E-state index >= 15 is 0 Å². The molecule has 0 bridgehead atoms. The highest BCUT2D eigenvalue weighted by Gasteiger charge is 2.34. The molecular formula is C15H13N3O3. The zero-order valence-electron chi connectivity index (χ0n) is 11.4. The van der Waals surface area contributed by atoms with E-state index in [4.69, 9.17) is 0 Å². The third-order valence-electron chi connectivity index (χ3n) is 3.37. The van der Waals surface area contributed by atoms with Crippen LogP contribution in [0.5, 0.6) is 0 Å². The standard InChI is InChI=1S/C15H13N3O3/c1-9-8-13(19)17-12(16-9)6-7-18-14(20)10-4-2-3-5-11(10)15(18)21/h2-5,8H,6-7H2,1H3,(H,16,17,19). The zero-order valence-corrected chi connectivity index (χ0v) is 11.4. The number of imide groups is 1. The minimum Gasteiger partial charge on any atom is -0.310 e. The Labute approximate surface area is 120 Å². The van der Waals surface area contributed by atoms with Gasteiger partial charge in [0.15, 0.2) is 0 Å². The van der Waals surface area contributed by atoms with E-state index in [1.165, 1.54) is 11.0 Å². The number of fused-ring (bicyclic) bond motifs is 1. The van der Waals surface area contributed by atoms with Gasteiger partial charge in [0.25, 0.3) is 17.4 Å². The maximum Gasteiger partial charge on any atom is 0.261 e. The van der Waals surface area contributed by atoms with Gasteiger partial charge >= 0.3 is 0 Å². The average Bonchev–Trinajstić information content (AvgIpc) is 2.69. The van der Waals surface area contributed by atoms with E-state index in [-0.39, 0.29) is 23.9 Å². The smallest absolute Gasteiger partial charge is 0.261 e. The highest BCUT2D eigenvalue weighted by molar-refractivity contribution is 6.21. The predicted molar refractivity (Wildman–Crippen MR) is 75.1 cm³/mol. The van der Waals surface area contributed by atoms with Gasteiger partial charge < -0.3 is 4.98 Å². The van der Waals surface area contributed by atoms with E-state index in [0.717, 1.165) is 0 Å². The average molecular weight is 283 g/mol. The molecule has 0 saturated heterocycles. The van der Waals surface area contributed by atoms with Crippen molar-refractivity contribution in [3.8, 4) is 0 Å². The number of amides is 2. The molecule has 6 heteroatoms. The van der Waals surface area contributed by atoms with Crippen molar-refractivity contribution in [2.75, 3.05) is 6.54 Å². The van der Waals surface area contributed by atoms with E-state index in [9.17, 15) is 14.4 Å². The monoisotopic (exact) mass is 283 g/mol. The van der Waals surface area contributed by atoms with Crippen molar-refractivity contribution in [2.45, 2.75) is 13.3 Å². The molecule has 1 aromatic heterocycles. The molecule has 2 heterocycles. The van der Waals surface area contributed by atoms with Crippen LogP contribution in [-0.4, -0.2) is 33.2 Å². The van der Waals surface area contributed by atoms with Crippen LogP contribution < -0.4 is 5.56 Å². The first kappa shape index (κ1) is 13.2. The Morgan fingerprint density at radius 2 is 1.71 bits per heavy atom. The van der Waals surface area contributed by atoms with Crippen LogP contribution in [0.3, 0.4) is 0 Å². The number of aryl methyl sites for hydroxylation is 1. The van der Waals surface area contributed by atoms with Gasteiger partial charge in [-0.25, -0.2) is 4.98 Å². The summed E-state index contributed by atoms with van der Waals surface area (Å²) in [6, 6.07) is 8.14. The van der Waals surface area contributed by atoms with E-state index < -0.39 is 0 Å². The molecule has 0 radical (unpaired) electrons. The molecule has 0 unspecified atom stereocenters. The quantitative estimate of drug-likeness (QED) is 0.849. The van der Waals surface area contributed by atoms with Gasteiger partial charge in [-0.15, -0.1) is 0 Å². The van der Waals surface area contributed by atoms with Gasteiger partial charge in [0.1, 0.15) is 5.82 Å². The lowest BCUT2D eigenvalue weighted by Crippen LogP contribution is -2.32. The van der Waals surface area contributed by atoms with Crippen LogP contribution in [0.15, 0.2) is 35.1 Å². The number of aromatic nitrogens is 2. The van der Waals surface area contributed by atoms with Crippen LogP contribution in [-0.2, 0) is 6.42 Å². The summed E-state index contributed by atoms with van der Waals surface area (Å²) in [5.74, 6) is -0.132. The van der Waals surface area contributed by atoms with Gasteiger partial charge in [0.05, 0.1) is 11.1 Å². The Hall–Kier alpha value is -2.76. The fraction of sp³-hybridized carbons (Fsp3) is 0.200. The first-order valence-corrected chi connectivity index (χ1v) is 6.58. The number of hydrogen-bond acceptors (Lipinski definition) is 4. The number of rotatable bonds is 3. The molecule has 0 fully saturated rings. The largest absolute Gasteiger partial charge is 0.310 e. The van der Waals surface area contributed by atoms with Crippen LogP contribution in [0.1, 0.15) is 32.2 Å². The van der Waals surface area contributed by atoms with Gasteiger partial charge in [0, 0.05) is 24.7 Å². The predicted octanol–water partition coefficient (Wildman–Crippen LogP) is 0.917. The molecule has 1 aliphatic heterocycles. The summed E-state index contributed by atoms with van der Waals surface area (Å²) in [7, 11) is 0. The first-order chi connectivity index (χ1) is 10.1. The summed E-state index contributed by atoms with van der Waals surface area (Å²) in [6.07, 6.45) is 0.322. The lowest BCUT2D eigenvalue weighted by molar-refractivity contribution is 0.0655. The van der Waals surface area contributed by atoms with Crippen LogP contribution in [0.25, 0.3) is 0 Å². The number of nitrogens with one attached hydrogen (secondary N) is 1. The summed E-state index contributed by atoms with van der Waals surface area (Å²) in [4.78, 5) is 43.7. The number of hydrogen-bond donors (Lipinski definition) is 1. The molecule has 1 aliphatic rings. The lowest BCUT2D eigenvalue weighted by Gasteiger charge is -2.13. The van der Waals surface area contributed by atoms with Crippen LogP contribution in [0, 0.1) is 6.92 Å². The Morgan fingerprint density at radius 3 is 2.29 bits per heavy atom. The number of carbonyl (C=O) groups is 2. The second-order valence-corrected chi connectivity index (χ2v) is 4.89. The minimum absolute atomic E-state index is 0.193.